The van der Waals surface area contributed by atoms with Crippen molar-refractivity contribution in [2.45, 2.75) is 45.1 Å². The van der Waals surface area contributed by atoms with E-state index in [1.807, 2.05) is 17.9 Å². The van der Waals surface area contributed by atoms with E-state index in [0.29, 0.717) is 18.5 Å². The number of hydrogen-bond donors (Lipinski definition) is 0. The maximum absolute atomic E-state index is 12.8. The van der Waals surface area contributed by atoms with Crippen molar-refractivity contribution in [3.8, 4) is 0 Å². The van der Waals surface area contributed by atoms with Crippen LogP contribution in [-0.2, 0) is 9.84 Å². The first kappa shape index (κ1) is 18.2. The summed E-state index contributed by atoms with van der Waals surface area (Å²) in [4.78, 5) is 21.1. The normalized spacial score (nSPS) is 23.2. The highest BCUT2D eigenvalue weighted by atomic mass is 32.2. The van der Waals surface area contributed by atoms with Crippen molar-refractivity contribution in [2.24, 2.45) is 0 Å². The molecule has 3 heterocycles. The Morgan fingerprint density at radius 3 is 2.56 bits per heavy atom. The molecule has 1 atom stereocenters. The number of likely N-dealkylation sites (tertiary alicyclic amines) is 1. The van der Waals surface area contributed by atoms with Crippen LogP contribution in [-0.4, -0.2) is 61.4 Å². The minimum atomic E-state index is -2.94. The van der Waals surface area contributed by atoms with Gasteiger partial charge in [0.25, 0.3) is 5.91 Å². The van der Waals surface area contributed by atoms with Gasteiger partial charge in [-0.2, -0.15) is 0 Å². The largest absolute Gasteiger partial charge is 0.367 e. The molecule has 0 aromatic carbocycles. The molecule has 0 saturated carbocycles. The van der Waals surface area contributed by atoms with Crippen molar-refractivity contribution in [1.82, 2.24) is 9.88 Å². The molecule has 2 aliphatic heterocycles. The molecular formula is C18H27N3O3S. The molecule has 0 spiro atoms. The van der Waals surface area contributed by atoms with E-state index in [2.05, 4.69) is 9.88 Å². The minimum absolute atomic E-state index is 0.0275. The van der Waals surface area contributed by atoms with E-state index in [4.69, 9.17) is 0 Å². The van der Waals surface area contributed by atoms with Crippen molar-refractivity contribution in [3.63, 3.8) is 0 Å². The molecule has 2 aliphatic rings. The summed E-state index contributed by atoms with van der Waals surface area (Å²) >= 11 is 0. The number of nitrogens with zero attached hydrogens (tertiary/aromatic N) is 3. The quantitative estimate of drug-likeness (QED) is 0.817. The molecule has 0 radical (unpaired) electrons. The maximum atomic E-state index is 12.8. The van der Waals surface area contributed by atoms with Crippen molar-refractivity contribution < 1.29 is 13.2 Å². The number of carbonyl (C=O) groups excluding carboxylic acids is 1. The Labute approximate surface area is 150 Å². The lowest BCUT2D eigenvalue weighted by atomic mass is 10.1. The van der Waals surface area contributed by atoms with E-state index in [0.717, 1.165) is 31.6 Å². The predicted octanol–water partition coefficient (Wildman–Crippen LogP) is 2.11. The van der Waals surface area contributed by atoms with Crippen LogP contribution in [0.4, 0.5) is 5.69 Å². The molecule has 0 bridgehead atoms. The number of hydrogen-bond acceptors (Lipinski definition) is 5. The maximum Gasteiger partial charge on any atom is 0.255 e. The highest BCUT2D eigenvalue weighted by Crippen LogP contribution is 2.25. The average Bonchev–Trinajstić information content (AvgIpc) is 2.80. The van der Waals surface area contributed by atoms with Crippen molar-refractivity contribution in [1.29, 1.82) is 0 Å². The Morgan fingerprint density at radius 1 is 1.24 bits per heavy atom. The molecular weight excluding hydrogens is 338 g/mol. The second kappa shape index (κ2) is 7.72. The van der Waals surface area contributed by atoms with Crippen LogP contribution < -0.4 is 4.90 Å². The summed E-state index contributed by atoms with van der Waals surface area (Å²) < 4.78 is 23.6. The zero-order valence-corrected chi connectivity index (χ0v) is 15.7. The van der Waals surface area contributed by atoms with Crippen LogP contribution in [0.2, 0.25) is 0 Å². The highest BCUT2D eigenvalue weighted by Gasteiger charge is 2.32. The second-order valence-corrected chi connectivity index (χ2v) is 9.21. The van der Waals surface area contributed by atoms with Crippen molar-refractivity contribution >= 4 is 21.4 Å². The molecule has 1 aromatic rings. The second-order valence-electron chi connectivity index (χ2n) is 6.98. The third kappa shape index (κ3) is 4.32. The highest BCUT2D eigenvalue weighted by molar-refractivity contribution is 7.91. The molecule has 3 rings (SSSR count). The van der Waals surface area contributed by atoms with E-state index in [1.165, 1.54) is 12.8 Å². The number of amides is 1. The lowest BCUT2D eigenvalue weighted by Gasteiger charge is -2.29. The van der Waals surface area contributed by atoms with Crippen LogP contribution in [0.5, 0.6) is 0 Å². The minimum Gasteiger partial charge on any atom is -0.367 e. The first-order valence-electron chi connectivity index (χ1n) is 9.21. The van der Waals surface area contributed by atoms with E-state index in [-0.39, 0.29) is 23.5 Å². The third-order valence-electron chi connectivity index (χ3n) is 5.19. The van der Waals surface area contributed by atoms with Crippen LogP contribution in [0.15, 0.2) is 18.5 Å². The van der Waals surface area contributed by atoms with Gasteiger partial charge in [0.15, 0.2) is 9.84 Å². The number of sulfone groups is 1. The van der Waals surface area contributed by atoms with E-state index < -0.39 is 9.84 Å². The molecule has 1 amide bonds. The fourth-order valence-corrected chi connectivity index (χ4v) is 5.56. The summed E-state index contributed by atoms with van der Waals surface area (Å²) in [5, 5.41) is 0. The number of anilines is 1. The fraction of sp³-hybridized carbons (Fsp3) is 0.667. The summed E-state index contributed by atoms with van der Waals surface area (Å²) in [5.41, 5.74) is 1.43. The molecule has 6 nitrogen and oxygen atoms in total. The van der Waals surface area contributed by atoms with Gasteiger partial charge in [0.2, 0.25) is 0 Å². The van der Waals surface area contributed by atoms with Crippen LogP contribution in [0.3, 0.4) is 0 Å². The van der Waals surface area contributed by atoms with E-state index in [9.17, 15) is 13.2 Å². The molecule has 0 aliphatic carbocycles. The Morgan fingerprint density at radius 2 is 1.96 bits per heavy atom. The van der Waals surface area contributed by atoms with Crippen LogP contribution in [0.25, 0.3) is 0 Å². The van der Waals surface area contributed by atoms with Gasteiger partial charge >= 0.3 is 0 Å². The summed E-state index contributed by atoms with van der Waals surface area (Å²) in [6.07, 6.45) is 8.47. The van der Waals surface area contributed by atoms with Gasteiger partial charge in [0.1, 0.15) is 0 Å². The summed E-state index contributed by atoms with van der Waals surface area (Å²) in [5.74, 6) is 0.463. The molecule has 1 aromatic heterocycles. The number of rotatable bonds is 4. The molecule has 25 heavy (non-hydrogen) atoms. The van der Waals surface area contributed by atoms with Gasteiger partial charge in [-0.05, 0) is 32.3 Å². The van der Waals surface area contributed by atoms with Gasteiger partial charge in [-0.1, -0.05) is 12.8 Å². The lowest BCUT2D eigenvalue weighted by Crippen LogP contribution is -2.36. The summed E-state index contributed by atoms with van der Waals surface area (Å²) in [6, 6.07) is 1.84. The predicted molar refractivity (Wildman–Crippen MR) is 98.7 cm³/mol. The molecule has 138 valence electrons. The van der Waals surface area contributed by atoms with Gasteiger partial charge in [-0.15, -0.1) is 0 Å². The molecule has 2 saturated heterocycles. The van der Waals surface area contributed by atoms with Gasteiger partial charge in [-0.25, -0.2) is 8.42 Å². The molecule has 0 N–H and O–H groups in total. The van der Waals surface area contributed by atoms with E-state index >= 15 is 0 Å². The van der Waals surface area contributed by atoms with Crippen LogP contribution in [0.1, 0.15) is 49.4 Å². The Hall–Kier alpha value is -1.63. The van der Waals surface area contributed by atoms with Gasteiger partial charge in [-0.3, -0.25) is 9.78 Å². The zero-order chi connectivity index (χ0) is 17.9. The molecule has 2 fully saturated rings. The molecule has 1 unspecified atom stereocenters. The van der Waals surface area contributed by atoms with E-state index in [1.54, 1.807) is 12.4 Å². The van der Waals surface area contributed by atoms with Crippen molar-refractivity contribution in [2.75, 3.05) is 36.0 Å². The van der Waals surface area contributed by atoms with Gasteiger partial charge < -0.3 is 9.80 Å². The zero-order valence-electron chi connectivity index (χ0n) is 14.9. The summed E-state index contributed by atoms with van der Waals surface area (Å²) in [6.45, 7) is 4.32. The number of carbonyl (C=O) groups is 1. The molecule has 7 heteroatoms. The lowest BCUT2D eigenvalue weighted by molar-refractivity contribution is 0.0761. The monoisotopic (exact) mass is 365 g/mol. The smallest absolute Gasteiger partial charge is 0.255 e. The fourth-order valence-electron chi connectivity index (χ4n) is 3.83. The first-order valence-corrected chi connectivity index (χ1v) is 11.0. The van der Waals surface area contributed by atoms with Crippen molar-refractivity contribution in [3.05, 3.63) is 24.0 Å². The van der Waals surface area contributed by atoms with Crippen LogP contribution in [0, 0.1) is 0 Å². The Kier molecular flexibility index (Phi) is 5.61. The Bertz CT molecular complexity index is 712. The Balaban J connectivity index is 1.79. The number of pyridine rings is 1. The topological polar surface area (TPSA) is 70.6 Å². The summed E-state index contributed by atoms with van der Waals surface area (Å²) in [7, 11) is -2.94. The first-order chi connectivity index (χ1) is 12.0. The van der Waals surface area contributed by atoms with Crippen LogP contribution >= 0.6 is 0 Å². The third-order valence-corrected chi connectivity index (χ3v) is 6.94. The number of aromatic nitrogens is 1. The SMILES string of the molecule is CCN(c1cncc(C(=O)N2CCCCCC2)c1)C1CCS(=O)(=O)C1. The standard InChI is InChI=1S/C18H27N3O3S/c1-2-21(16-7-10-25(23,24)14-16)17-11-15(12-19-13-17)18(22)20-8-5-3-4-6-9-20/h11-13,16H,2-10,14H2,1H3. The average molecular weight is 365 g/mol. The van der Waals surface area contributed by atoms with Gasteiger partial charge in [0.05, 0.1) is 29.0 Å². The van der Waals surface area contributed by atoms with Gasteiger partial charge in [0, 0.05) is 31.9 Å².